The second-order valence-corrected chi connectivity index (χ2v) is 8.22. The molecule has 156 valence electrons. The molecule has 0 saturated carbocycles. The normalized spacial score (nSPS) is 10.6. The smallest absolute Gasteiger partial charge is 0.137 e. The molecular weight excluding hydrogens is 394 g/mol. The van der Waals surface area contributed by atoms with Gasteiger partial charge in [0.25, 0.3) is 0 Å². The maximum Gasteiger partial charge on any atom is 0.137 e. The van der Waals surface area contributed by atoms with Crippen molar-refractivity contribution in [2.75, 3.05) is 19.8 Å². The Kier molecular flexibility index (Phi) is 8.25. The molecule has 0 atom stereocenters. The minimum atomic E-state index is 0.576. The molecule has 0 saturated heterocycles. The van der Waals surface area contributed by atoms with Gasteiger partial charge in [0.15, 0.2) is 0 Å². The van der Waals surface area contributed by atoms with E-state index in [1.807, 2.05) is 37.3 Å². The van der Waals surface area contributed by atoms with Gasteiger partial charge in [-0.1, -0.05) is 12.1 Å². The predicted molar refractivity (Wildman–Crippen MR) is 121 cm³/mol. The van der Waals surface area contributed by atoms with Crippen LogP contribution in [-0.4, -0.2) is 24.7 Å². The molecule has 0 aliphatic carbocycles. The number of rotatable bonds is 11. The summed E-state index contributed by atoms with van der Waals surface area (Å²) in [5, 5.41) is 10.1. The van der Waals surface area contributed by atoms with Crippen molar-refractivity contribution in [2.24, 2.45) is 5.73 Å². The Morgan fingerprint density at radius 3 is 2.47 bits per heavy atom. The molecular formula is C24H27N3O2S. The quantitative estimate of drug-likeness (QED) is 0.435. The van der Waals surface area contributed by atoms with Gasteiger partial charge < -0.3 is 15.2 Å². The van der Waals surface area contributed by atoms with E-state index in [9.17, 15) is 0 Å². The molecule has 3 rings (SSSR count). The zero-order valence-electron chi connectivity index (χ0n) is 17.3. The molecule has 0 aliphatic heterocycles. The number of nitrogens with two attached hydrogens (primary N) is 1. The zero-order chi connectivity index (χ0) is 21.2. The highest BCUT2D eigenvalue weighted by atomic mass is 32.1. The van der Waals surface area contributed by atoms with Gasteiger partial charge in [0.05, 0.1) is 29.5 Å². The average Bonchev–Trinajstić information content (AvgIpc) is 3.14. The van der Waals surface area contributed by atoms with E-state index in [0.717, 1.165) is 47.7 Å². The van der Waals surface area contributed by atoms with Crippen LogP contribution >= 0.6 is 11.3 Å². The van der Waals surface area contributed by atoms with Gasteiger partial charge >= 0.3 is 0 Å². The number of hydrogen-bond donors (Lipinski definition) is 1. The zero-order valence-corrected chi connectivity index (χ0v) is 18.1. The van der Waals surface area contributed by atoms with Crippen molar-refractivity contribution in [1.82, 2.24) is 4.98 Å². The van der Waals surface area contributed by atoms with E-state index in [1.165, 1.54) is 4.88 Å². The number of aromatic nitrogens is 1. The highest BCUT2D eigenvalue weighted by molar-refractivity contribution is 7.12. The van der Waals surface area contributed by atoms with Crippen molar-refractivity contribution in [1.29, 1.82) is 5.26 Å². The molecule has 3 aromatic rings. The third-order valence-corrected chi connectivity index (χ3v) is 5.66. The summed E-state index contributed by atoms with van der Waals surface area (Å²) in [5.41, 5.74) is 8.43. The number of benzene rings is 2. The number of thiazole rings is 1. The summed E-state index contributed by atoms with van der Waals surface area (Å²) in [6, 6.07) is 17.6. The van der Waals surface area contributed by atoms with Crippen molar-refractivity contribution in [3.8, 4) is 28.8 Å². The Morgan fingerprint density at radius 1 is 1.00 bits per heavy atom. The van der Waals surface area contributed by atoms with Gasteiger partial charge in [-0.2, -0.15) is 5.26 Å². The number of unbranched alkanes of at least 4 members (excludes halogenated alkanes) is 2. The third kappa shape index (κ3) is 6.06. The number of para-hydroxylation sites is 1. The molecule has 1 aromatic heterocycles. The average molecular weight is 422 g/mol. The fourth-order valence-corrected chi connectivity index (χ4v) is 4.12. The fraction of sp³-hybridized carbons (Fsp3) is 0.333. The van der Waals surface area contributed by atoms with Crippen LogP contribution in [0.15, 0.2) is 48.5 Å². The van der Waals surface area contributed by atoms with Gasteiger partial charge in [-0.15, -0.1) is 11.3 Å². The molecule has 1 heterocycles. The first-order valence-electron chi connectivity index (χ1n) is 10.2. The Labute approximate surface area is 182 Å². The van der Waals surface area contributed by atoms with Gasteiger partial charge in [-0.25, -0.2) is 4.98 Å². The van der Waals surface area contributed by atoms with Crippen LogP contribution in [0.4, 0.5) is 0 Å². The van der Waals surface area contributed by atoms with E-state index in [0.29, 0.717) is 31.1 Å². The van der Waals surface area contributed by atoms with E-state index in [1.54, 1.807) is 17.4 Å². The van der Waals surface area contributed by atoms with Crippen LogP contribution in [0.1, 0.15) is 34.7 Å². The lowest BCUT2D eigenvalue weighted by Gasteiger charge is -2.09. The third-order valence-electron chi connectivity index (χ3n) is 4.63. The first-order chi connectivity index (χ1) is 14.7. The Bertz CT molecular complexity index is 977. The van der Waals surface area contributed by atoms with Crippen LogP contribution in [0, 0.1) is 18.3 Å². The Balaban J connectivity index is 1.38. The molecule has 0 radical (unpaired) electrons. The standard InChI is InChI=1S/C24H27N3O2S/c1-18-27-24(23(30-18)13-14-25)19-9-11-21(12-10-19)28-15-5-2-6-16-29-22-8-4-3-7-20(22)17-26/h3-4,7-12H,2,5-6,13-16,25H2,1H3. The lowest BCUT2D eigenvalue weighted by Crippen LogP contribution is -2.02. The van der Waals surface area contributed by atoms with E-state index in [-0.39, 0.29) is 0 Å². The molecule has 5 nitrogen and oxygen atoms in total. The lowest BCUT2D eigenvalue weighted by molar-refractivity contribution is 0.279. The molecule has 0 spiro atoms. The molecule has 6 heteroatoms. The minimum absolute atomic E-state index is 0.576. The van der Waals surface area contributed by atoms with Crippen LogP contribution in [-0.2, 0) is 6.42 Å². The van der Waals surface area contributed by atoms with Crippen molar-refractivity contribution >= 4 is 11.3 Å². The lowest BCUT2D eigenvalue weighted by atomic mass is 10.1. The summed E-state index contributed by atoms with van der Waals surface area (Å²) in [6.45, 7) is 3.93. The molecule has 0 unspecified atom stereocenters. The highest BCUT2D eigenvalue weighted by Gasteiger charge is 2.10. The van der Waals surface area contributed by atoms with Crippen LogP contribution < -0.4 is 15.2 Å². The number of hydrogen-bond acceptors (Lipinski definition) is 6. The Morgan fingerprint density at radius 2 is 1.73 bits per heavy atom. The molecule has 30 heavy (non-hydrogen) atoms. The molecule has 2 N–H and O–H groups in total. The van der Waals surface area contributed by atoms with Crippen molar-refractivity contribution in [3.63, 3.8) is 0 Å². The monoisotopic (exact) mass is 421 g/mol. The Hall–Kier alpha value is -2.88. The van der Waals surface area contributed by atoms with Crippen molar-refractivity contribution in [3.05, 3.63) is 64.0 Å². The van der Waals surface area contributed by atoms with Crippen LogP contribution in [0.3, 0.4) is 0 Å². The van der Waals surface area contributed by atoms with Crippen LogP contribution in [0.25, 0.3) is 11.3 Å². The first-order valence-corrected chi connectivity index (χ1v) is 11.0. The number of nitrogens with zero attached hydrogens (tertiary/aromatic N) is 2. The number of aryl methyl sites for hydroxylation is 1. The summed E-state index contributed by atoms with van der Waals surface area (Å²) in [5.74, 6) is 1.52. The number of ether oxygens (including phenoxy) is 2. The SMILES string of the molecule is Cc1nc(-c2ccc(OCCCCCOc3ccccc3C#N)cc2)c(CCN)s1. The summed E-state index contributed by atoms with van der Waals surface area (Å²) in [4.78, 5) is 5.90. The van der Waals surface area contributed by atoms with Crippen LogP contribution in [0.5, 0.6) is 11.5 Å². The van der Waals surface area contributed by atoms with Gasteiger partial charge in [-0.3, -0.25) is 0 Å². The fourth-order valence-electron chi connectivity index (χ4n) is 3.14. The number of nitriles is 1. The molecule has 2 aromatic carbocycles. The second kappa shape index (κ2) is 11.3. The maximum atomic E-state index is 9.07. The first kappa shape index (κ1) is 21.8. The maximum absolute atomic E-state index is 9.07. The summed E-state index contributed by atoms with van der Waals surface area (Å²) in [6.07, 6.45) is 3.74. The second-order valence-electron chi connectivity index (χ2n) is 6.93. The molecule has 0 amide bonds. The van der Waals surface area contributed by atoms with Crippen LogP contribution in [0.2, 0.25) is 0 Å². The van der Waals surface area contributed by atoms with Gasteiger partial charge in [0.2, 0.25) is 0 Å². The van der Waals surface area contributed by atoms with Gasteiger partial charge in [-0.05, 0) is 75.5 Å². The van der Waals surface area contributed by atoms with Gasteiger partial charge in [0, 0.05) is 10.4 Å². The molecule has 0 bridgehead atoms. The predicted octanol–water partition coefficient (Wildman–Crippen LogP) is 5.12. The van der Waals surface area contributed by atoms with Crippen molar-refractivity contribution in [2.45, 2.75) is 32.6 Å². The van der Waals surface area contributed by atoms with E-state index in [4.69, 9.17) is 20.5 Å². The van der Waals surface area contributed by atoms with Crippen molar-refractivity contribution < 1.29 is 9.47 Å². The topological polar surface area (TPSA) is 81.2 Å². The largest absolute Gasteiger partial charge is 0.494 e. The molecule has 0 aliphatic rings. The van der Waals surface area contributed by atoms with E-state index >= 15 is 0 Å². The molecule has 0 fully saturated rings. The van der Waals surface area contributed by atoms with Gasteiger partial charge in [0.1, 0.15) is 17.6 Å². The summed E-state index contributed by atoms with van der Waals surface area (Å²) in [7, 11) is 0. The van der Waals surface area contributed by atoms with E-state index < -0.39 is 0 Å². The summed E-state index contributed by atoms with van der Waals surface area (Å²) < 4.78 is 11.6. The van der Waals surface area contributed by atoms with E-state index in [2.05, 4.69) is 23.2 Å². The highest BCUT2D eigenvalue weighted by Crippen LogP contribution is 2.29. The minimum Gasteiger partial charge on any atom is -0.494 e. The summed E-state index contributed by atoms with van der Waals surface area (Å²) >= 11 is 1.71.